The van der Waals surface area contributed by atoms with E-state index in [0.717, 1.165) is 0 Å². The summed E-state index contributed by atoms with van der Waals surface area (Å²) in [5.41, 5.74) is 6.99. The molecule has 9 heteroatoms. The van der Waals surface area contributed by atoms with Gasteiger partial charge >= 0.3 is 5.97 Å². The van der Waals surface area contributed by atoms with Crippen LogP contribution in [0.5, 0.6) is 0 Å². The fourth-order valence-corrected chi connectivity index (χ4v) is 5.98. The molecule has 35 heavy (non-hydrogen) atoms. The topological polar surface area (TPSA) is 102 Å². The Hall–Kier alpha value is -3.10. The number of nitrogens with zero attached hydrogens (tertiary/aromatic N) is 1. The van der Waals surface area contributed by atoms with Gasteiger partial charge in [-0.1, -0.05) is 41.4 Å². The van der Waals surface area contributed by atoms with Crippen LogP contribution in [-0.2, 0) is 24.5 Å². The van der Waals surface area contributed by atoms with E-state index >= 15 is 0 Å². The fraction of sp³-hybridized carbons (Fsp3) is 0.269. The lowest BCUT2D eigenvalue weighted by Crippen LogP contribution is -2.54. The number of anilines is 2. The Balaban J connectivity index is 1.93. The second-order valence-corrected chi connectivity index (χ2v) is 11.1. The zero-order chi connectivity index (χ0) is 25.3. The van der Waals surface area contributed by atoms with Gasteiger partial charge in [0.2, 0.25) is 5.91 Å². The van der Waals surface area contributed by atoms with Crippen LogP contribution in [0.3, 0.4) is 0 Å². The van der Waals surface area contributed by atoms with E-state index in [1.807, 2.05) is 13.8 Å². The first-order chi connectivity index (χ1) is 16.5. The Bertz CT molecular complexity index is 1380. The van der Waals surface area contributed by atoms with Crippen molar-refractivity contribution in [3.05, 3.63) is 80.2 Å². The van der Waals surface area contributed by atoms with Crippen molar-refractivity contribution >= 4 is 56.6 Å². The fourth-order valence-electron chi connectivity index (χ4n) is 5.49. The minimum atomic E-state index is -1.73. The molecule has 7 nitrogen and oxygen atoms in total. The smallest absolute Gasteiger partial charge is 0.339 e. The quantitative estimate of drug-likeness (QED) is 0.516. The first kappa shape index (κ1) is 23.6. The average Bonchev–Trinajstić information content (AvgIpc) is 3.05. The molecule has 2 aromatic rings. The lowest BCUT2D eigenvalue weighted by atomic mass is 9.60. The van der Waals surface area contributed by atoms with Gasteiger partial charge in [-0.2, -0.15) is 0 Å². The number of hydrogen-bond donors (Lipinski definition) is 2. The van der Waals surface area contributed by atoms with E-state index in [1.165, 1.54) is 7.11 Å². The summed E-state index contributed by atoms with van der Waals surface area (Å²) in [5, 5.41) is 3.40. The van der Waals surface area contributed by atoms with Crippen LogP contribution in [0.1, 0.15) is 32.3 Å². The Morgan fingerprint density at radius 1 is 1.14 bits per heavy atom. The number of nitrogens with two attached hydrogens (primary N) is 1. The number of carbonyl (C=O) groups excluding carboxylic acids is 3. The molecule has 5 rings (SSSR count). The number of carbonyl (C=O) groups is 3. The molecule has 0 aromatic heterocycles. The first-order valence-electron chi connectivity index (χ1n) is 11.0. The highest BCUT2D eigenvalue weighted by atomic mass is 79.9. The van der Waals surface area contributed by atoms with Crippen molar-refractivity contribution in [3.63, 3.8) is 0 Å². The van der Waals surface area contributed by atoms with Crippen LogP contribution >= 0.6 is 27.5 Å². The largest absolute Gasteiger partial charge is 0.466 e. The number of fused-ring (bicyclic) bond motifs is 3. The number of esters is 1. The van der Waals surface area contributed by atoms with Gasteiger partial charge < -0.3 is 15.8 Å². The van der Waals surface area contributed by atoms with Crippen LogP contribution in [0.15, 0.2) is 69.6 Å². The highest BCUT2D eigenvalue weighted by Gasteiger charge is 2.63. The molecule has 0 saturated heterocycles. The molecule has 0 saturated carbocycles. The van der Waals surface area contributed by atoms with E-state index < -0.39 is 17.3 Å². The van der Waals surface area contributed by atoms with Crippen molar-refractivity contribution < 1.29 is 19.1 Å². The summed E-state index contributed by atoms with van der Waals surface area (Å²) in [5.74, 6) is -1.47. The maximum Gasteiger partial charge on any atom is 0.339 e. The Morgan fingerprint density at radius 2 is 1.83 bits per heavy atom. The molecule has 1 amide bonds. The molecule has 3 aliphatic rings. The van der Waals surface area contributed by atoms with E-state index in [9.17, 15) is 14.4 Å². The number of methoxy groups -OCH3 is 1. The van der Waals surface area contributed by atoms with Gasteiger partial charge in [0, 0.05) is 44.1 Å². The normalized spacial score (nSPS) is 22.8. The molecule has 2 heterocycles. The van der Waals surface area contributed by atoms with Crippen molar-refractivity contribution in [1.29, 1.82) is 0 Å². The molecule has 1 atom stereocenters. The van der Waals surface area contributed by atoms with Gasteiger partial charge in [-0.3, -0.25) is 14.5 Å². The zero-order valence-electron chi connectivity index (χ0n) is 19.4. The molecule has 2 aromatic carbocycles. The number of benzene rings is 2. The lowest BCUT2D eigenvalue weighted by Gasteiger charge is -2.47. The highest BCUT2D eigenvalue weighted by Crippen LogP contribution is 2.57. The van der Waals surface area contributed by atoms with E-state index in [0.29, 0.717) is 38.6 Å². The van der Waals surface area contributed by atoms with Gasteiger partial charge in [0.25, 0.3) is 0 Å². The molecule has 3 N–H and O–H groups in total. The zero-order valence-corrected chi connectivity index (χ0v) is 21.7. The molecule has 0 radical (unpaired) electrons. The minimum absolute atomic E-state index is 0.0337. The van der Waals surface area contributed by atoms with Crippen molar-refractivity contribution in [1.82, 2.24) is 0 Å². The Morgan fingerprint density at radius 3 is 2.49 bits per heavy atom. The summed E-state index contributed by atoms with van der Waals surface area (Å²) in [6, 6.07) is 12.2. The number of rotatable bonds is 2. The van der Waals surface area contributed by atoms with Gasteiger partial charge in [0.15, 0.2) is 5.78 Å². The second kappa shape index (κ2) is 7.96. The summed E-state index contributed by atoms with van der Waals surface area (Å²) < 4.78 is 5.84. The van der Waals surface area contributed by atoms with Crippen LogP contribution in [0.2, 0.25) is 5.02 Å². The molecule has 1 spiro atoms. The van der Waals surface area contributed by atoms with Gasteiger partial charge in [-0.15, -0.1) is 0 Å². The third kappa shape index (κ3) is 3.34. The summed E-state index contributed by atoms with van der Waals surface area (Å²) in [6.07, 6.45) is 0.678. The van der Waals surface area contributed by atoms with Crippen LogP contribution < -0.4 is 16.0 Å². The summed E-state index contributed by atoms with van der Waals surface area (Å²) in [6.45, 7) is 3.99. The Kier molecular flexibility index (Phi) is 5.38. The number of halogens is 2. The van der Waals surface area contributed by atoms with E-state index in [-0.39, 0.29) is 34.6 Å². The number of ketones is 1. The Labute approximate surface area is 216 Å². The molecule has 1 aliphatic carbocycles. The number of amides is 1. The van der Waals surface area contributed by atoms with Crippen molar-refractivity contribution in [2.45, 2.75) is 32.1 Å². The van der Waals surface area contributed by atoms with Gasteiger partial charge in [-0.05, 0) is 54.3 Å². The predicted molar refractivity (Wildman–Crippen MR) is 137 cm³/mol. The lowest BCUT2D eigenvalue weighted by molar-refractivity contribution is -0.138. The number of allylic oxidation sites excluding steroid dienone is 1. The molecular formula is C26H23BrClN3O4. The number of hydrogen-bond acceptors (Lipinski definition) is 6. The predicted octanol–water partition coefficient (Wildman–Crippen LogP) is 4.80. The standard InChI is InChI=1S/C26H23BrClN3O4/c1-25(2)11-18-20(19(32)12-25)26(16-10-13(27)4-9-17(16)30-24(26)34)21(23(33)35-3)22(29)31(18)15-7-5-14(28)6-8-15/h4-10H,11-12,29H2,1-3H3,(H,30,34). The number of ether oxygens (including phenoxy) is 1. The van der Waals surface area contributed by atoms with Crippen molar-refractivity contribution in [2.75, 3.05) is 17.3 Å². The first-order valence-corrected chi connectivity index (χ1v) is 12.2. The van der Waals surface area contributed by atoms with Gasteiger partial charge in [0.1, 0.15) is 16.8 Å². The maximum atomic E-state index is 13.9. The third-order valence-corrected chi connectivity index (χ3v) is 7.56. The van der Waals surface area contributed by atoms with Crippen LogP contribution in [0, 0.1) is 5.41 Å². The molecule has 1 unspecified atom stereocenters. The summed E-state index contributed by atoms with van der Waals surface area (Å²) in [7, 11) is 1.23. The van der Waals surface area contributed by atoms with Crippen LogP contribution in [-0.4, -0.2) is 24.8 Å². The van der Waals surface area contributed by atoms with Gasteiger partial charge in [0.05, 0.1) is 7.11 Å². The summed E-state index contributed by atoms with van der Waals surface area (Å²) in [4.78, 5) is 42.9. The molecule has 180 valence electrons. The molecular weight excluding hydrogens is 534 g/mol. The summed E-state index contributed by atoms with van der Waals surface area (Å²) >= 11 is 9.60. The number of Topliss-reactive ketones (excluding diaryl/α,β-unsaturated/α-hetero) is 1. The third-order valence-electron chi connectivity index (χ3n) is 6.82. The second-order valence-electron chi connectivity index (χ2n) is 9.72. The van der Waals surface area contributed by atoms with Crippen LogP contribution in [0.25, 0.3) is 0 Å². The number of nitrogens with one attached hydrogen (secondary N) is 1. The van der Waals surface area contributed by atoms with Crippen LogP contribution in [0.4, 0.5) is 11.4 Å². The van der Waals surface area contributed by atoms with Gasteiger partial charge in [-0.25, -0.2) is 4.79 Å². The monoisotopic (exact) mass is 555 g/mol. The SMILES string of the molecule is COC(=O)C1=C(N)N(c2ccc(Cl)cc2)C2=C(C(=O)CC(C)(C)C2)C12C(=O)Nc1ccc(Br)cc12. The molecule has 2 aliphatic heterocycles. The molecule has 0 bridgehead atoms. The molecule has 0 fully saturated rings. The van der Waals surface area contributed by atoms with Crippen molar-refractivity contribution in [2.24, 2.45) is 11.1 Å². The van der Waals surface area contributed by atoms with E-state index in [1.54, 1.807) is 47.4 Å². The van der Waals surface area contributed by atoms with Crippen molar-refractivity contribution in [3.8, 4) is 0 Å². The van der Waals surface area contributed by atoms with E-state index in [2.05, 4.69) is 21.2 Å². The maximum absolute atomic E-state index is 13.9. The highest BCUT2D eigenvalue weighted by molar-refractivity contribution is 9.10. The minimum Gasteiger partial charge on any atom is -0.466 e. The van der Waals surface area contributed by atoms with E-state index in [4.69, 9.17) is 22.1 Å². The average molecular weight is 557 g/mol.